The molecule has 1 amide bonds. The van der Waals surface area contributed by atoms with Gasteiger partial charge >= 0.3 is 6.09 Å². The minimum atomic E-state index is -2.58. The van der Waals surface area contributed by atoms with E-state index in [9.17, 15) is 13.6 Å². The Morgan fingerprint density at radius 3 is 2.60 bits per heavy atom. The van der Waals surface area contributed by atoms with Crippen LogP contribution in [0.25, 0.3) is 0 Å². The molecular formula is C5H7F2NO2. The maximum Gasteiger partial charge on any atom is 0.410 e. The van der Waals surface area contributed by atoms with E-state index in [1.54, 1.807) is 0 Å². The van der Waals surface area contributed by atoms with Gasteiger partial charge in [0, 0.05) is 7.05 Å². The fourth-order valence-corrected chi connectivity index (χ4v) is 0.732. The Morgan fingerprint density at radius 1 is 1.80 bits per heavy atom. The van der Waals surface area contributed by atoms with Crippen LogP contribution in [0.3, 0.4) is 0 Å². The lowest BCUT2D eigenvalue weighted by molar-refractivity contribution is 0.0105. The summed E-state index contributed by atoms with van der Waals surface area (Å²) in [7, 11) is 1.42. The molecule has 0 radical (unpaired) electrons. The summed E-state index contributed by atoms with van der Waals surface area (Å²) in [4.78, 5) is 11.6. The first-order chi connectivity index (χ1) is 4.61. The van der Waals surface area contributed by atoms with Crippen molar-refractivity contribution in [2.75, 3.05) is 13.6 Å². The Balaban J connectivity index is 2.49. The Morgan fingerprint density at radius 2 is 2.40 bits per heavy atom. The lowest BCUT2D eigenvalue weighted by Gasteiger charge is -2.03. The average Bonchev–Trinajstić information content (AvgIpc) is 2.13. The van der Waals surface area contributed by atoms with E-state index in [2.05, 4.69) is 4.74 Å². The summed E-state index contributed by atoms with van der Waals surface area (Å²) < 4.78 is 27.8. The van der Waals surface area contributed by atoms with Crippen molar-refractivity contribution in [3.05, 3.63) is 0 Å². The van der Waals surface area contributed by atoms with Gasteiger partial charge in [-0.2, -0.15) is 0 Å². The zero-order chi connectivity index (χ0) is 7.72. The minimum Gasteiger partial charge on any atom is -0.438 e. The number of cyclic esters (lactones) is 1. The quantitative estimate of drug-likeness (QED) is 0.552. The molecule has 1 rings (SSSR count). The normalized spacial score (nSPS) is 25.8. The van der Waals surface area contributed by atoms with E-state index in [4.69, 9.17) is 0 Å². The lowest BCUT2D eigenvalue weighted by atomic mass is 10.4. The maximum atomic E-state index is 11.8. The first kappa shape index (κ1) is 7.24. The van der Waals surface area contributed by atoms with Gasteiger partial charge in [0.05, 0.1) is 6.54 Å². The van der Waals surface area contributed by atoms with Crippen molar-refractivity contribution < 1.29 is 18.3 Å². The molecule has 58 valence electrons. The molecule has 0 aromatic carbocycles. The molecule has 0 aromatic rings. The van der Waals surface area contributed by atoms with Crippen molar-refractivity contribution in [3.63, 3.8) is 0 Å². The number of likely N-dealkylation sites (N-methyl/N-ethyl adjacent to an activating group) is 1. The molecule has 1 atom stereocenters. The molecule has 10 heavy (non-hydrogen) atoms. The van der Waals surface area contributed by atoms with Crippen LogP contribution < -0.4 is 0 Å². The summed E-state index contributed by atoms with van der Waals surface area (Å²) >= 11 is 0. The molecule has 0 saturated carbocycles. The first-order valence-corrected chi connectivity index (χ1v) is 2.81. The highest BCUT2D eigenvalue weighted by Gasteiger charge is 2.34. The van der Waals surface area contributed by atoms with Crippen LogP contribution in [0.1, 0.15) is 0 Å². The largest absolute Gasteiger partial charge is 0.438 e. The molecule has 0 N–H and O–H groups in total. The molecule has 5 heteroatoms. The van der Waals surface area contributed by atoms with Crippen molar-refractivity contribution in [3.8, 4) is 0 Å². The van der Waals surface area contributed by atoms with Crippen molar-refractivity contribution >= 4 is 6.09 Å². The van der Waals surface area contributed by atoms with Gasteiger partial charge in [-0.25, -0.2) is 13.6 Å². The Labute approximate surface area is 56.6 Å². The van der Waals surface area contributed by atoms with Gasteiger partial charge in [-0.05, 0) is 0 Å². The summed E-state index contributed by atoms with van der Waals surface area (Å²) in [5.74, 6) is 0. The van der Waals surface area contributed by atoms with Crippen LogP contribution in [0, 0.1) is 0 Å². The van der Waals surface area contributed by atoms with Crippen LogP contribution >= 0.6 is 0 Å². The topological polar surface area (TPSA) is 29.5 Å². The number of hydrogen-bond acceptors (Lipinski definition) is 2. The smallest absolute Gasteiger partial charge is 0.410 e. The second-order valence-corrected chi connectivity index (χ2v) is 2.14. The van der Waals surface area contributed by atoms with Gasteiger partial charge in [0.1, 0.15) is 0 Å². The van der Waals surface area contributed by atoms with Gasteiger partial charge in [-0.1, -0.05) is 0 Å². The molecule has 1 aliphatic heterocycles. The number of halogens is 2. The van der Waals surface area contributed by atoms with Gasteiger partial charge < -0.3 is 9.64 Å². The van der Waals surface area contributed by atoms with Crippen LogP contribution in [0.5, 0.6) is 0 Å². The highest BCUT2D eigenvalue weighted by molar-refractivity contribution is 5.69. The van der Waals surface area contributed by atoms with E-state index in [0.717, 1.165) is 4.90 Å². The van der Waals surface area contributed by atoms with Gasteiger partial charge in [0.2, 0.25) is 0 Å². The van der Waals surface area contributed by atoms with Gasteiger partial charge in [0.15, 0.2) is 6.10 Å². The third kappa shape index (κ3) is 1.17. The summed E-state index contributed by atoms with van der Waals surface area (Å²) in [6.45, 7) is -0.0174. The van der Waals surface area contributed by atoms with Crippen molar-refractivity contribution in [1.29, 1.82) is 0 Å². The number of alkyl halides is 2. The minimum absolute atomic E-state index is 0.0174. The predicted octanol–water partition coefficient (Wildman–Crippen LogP) is 0.702. The Bertz CT molecular complexity index is 151. The molecule has 1 fully saturated rings. The van der Waals surface area contributed by atoms with E-state index in [0.29, 0.717) is 0 Å². The average molecular weight is 151 g/mol. The molecule has 3 nitrogen and oxygen atoms in total. The monoisotopic (exact) mass is 151 g/mol. The number of carbonyl (C=O) groups excluding carboxylic acids is 1. The number of carbonyl (C=O) groups is 1. The Kier molecular flexibility index (Phi) is 1.74. The van der Waals surface area contributed by atoms with Crippen molar-refractivity contribution in [2.45, 2.75) is 12.5 Å². The van der Waals surface area contributed by atoms with E-state index in [-0.39, 0.29) is 6.54 Å². The third-order valence-corrected chi connectivity index (χ3v) is 1.30. The molecule has 0 aromatic heterocycles. The molecule has 0 bridgehead atoms. The first-order valence-electron chi connectivity index (χ1n) is 2.81. The molecule has 1 unspecified atom stereocenters. The molecule has 0 aliphatic carbocycles. The van der Waals surface area contributed by atoms with Crippen LogP contribution in [0.4, 0.5) is 13.6 Å². The van der Waals surface area contributed by atoms with E-state index in [1.807, 2.05) is 0 Å². The highest BCUT2D eigenvalue weighted by Crippen LogP contribution is 2.14. The highest BCUT2D eigenvalue weighted by atomic mass is 19.3. The maximum absolute atomic E-state index is 11.8. The summed E-state index contributed by atoms with van der Waals surface area (Å²) in [6, 6.07) is 0. The fourth-order valence-electron chi connectivity index (χ4n) is 0.732. The summed E-state index contributed by atoms with van der Waals surface area (Å²) in [6.07, 6.45) is -4.49. The zero-order valence-electron chi connectivity index (χ0n) is 5.38. The molecular weight excluding hydrogens is 144 g/mol. The van der Waals surface area contributed by atoms with Crippen LogP contribution in [-0.4, -0.2) is 37.1 Å². The molecule has 1 aliphatic rings. The second kappa shape index (κ2) is 2.40. The van der Waals surface area contributed by atoms with Crippen LogP contribution in [-0.2, 0) is 4.74 Å². The van der Waals surface area contributed by atoms with E-state index in [1.165, 1.54) is 7.05 Å². The number of amides is 1. The van der Waals surface area contributed by atoms with Crippen LogP contribution in [0.15, 0.2) is 0 Å². The predicted molar refractivity (Wildman–Crippen MR) is 28.9 cm³/mol. The second-order valence-electron chi connectivity index (χ2n) is 2.14. The Hall–Kier alpha value is -0.870. The van der Waals surface area contributed by atoms with Gasteiger partial charge in [0.25, 0.3) is 6.43 Å². The van der Waals surface area contributed by atoms with Crippen molar-refractivity contribution in [1.82, 2.24) is 4.90 Å². The van der Waals surface area contributed by atoms with Crippen LogP contribution in [0.2, 0.25) is 0 Å². The molecule has 1 saturated heterocycles. The number of nitrogens with zero attached hydrogens (tertiary/aromatic N) is 1. The summed E-state index contributed by atoms with van der Waals surface area (Å²) in [5.41, 5.74) is 0. The van der Waals surface area contributed by atoms with E-state index >= 15 is 0 Å². The molecule has 1 heterocycles. The van der Waals surface area contributed by atoms with Crippen molar-refractivity contribution in [2.24, 2.45) is 0 Å². The zero-order valence-corrected chi connectivity index (χ0v) is 5.38. The standard InChI is InChI=1S/C5H7F2NO2/c1-8-2-3(4(6)7)10-5(8)9/h3-4H,2H2,1H3. The molecule has 0 spiro atoms. The van der Waals surface area contributed by atoms with Gasteiger partial charge in [-0.15, -0.1) is 0 Å². The number of hydrogen-bond donors (Lipinski definition) is 0. The van der Waals surface area contributed by atoms with E-state index < -0.39 is 18.6 Å². The number of ether oxygens (including phenoxy) is 1. The third-order valence-electron chi connectivity index (χ3n) is 1.30. The number of rotatable bonds is 1. The van der Waals surface area contributed by atoms with Gasteiger partial charge in [-0.3, -0.25) is 0 Å². The fraction of sp³-hybridized carbons (Fsp3) is 0.800. The lowest BCUT2D eigenvalue weighted by Crippen LogP contribution is -2.23. The SMILES string of the molecule is CN1CC(C(F)F)OC1=O. The summed E-state index contributed by atoms with van der Waals surface area (Å²) in [5, 5.41) is 0.